The summed E-state index contributed by atoms with van der Waals surface area (Å²) < 4.78 is 37.5. The Bertz CT molecular complexity index is 855. The lowest BCUT2D eigenvalue weighted by Crippen LogP contribution is -2.23. The number of ketones is 2. The molecule has 3 rings (SSSR count). The molecule has 0 aliphatic heterocycles. The summed E-state index contributed by atoms with van der Waals surface area (Å²) in [5.41, 5.74) is 4.69. The summed E-state index contributed by atoms with van der Waals surface area (Å²) in [6.45, 7) is 0. The molecular formula is C15H8F3N3O2. The van der Waals surface area contributed by atoms with Crippen LogP contribution in [-0.4, -0.2) is 21.5 Å². The van der Waals surface area contributed by atoms with E-state index in [1.165, 1.54) is 18.2 Å². The van der Waals surface area contributed by atoms with Gasteiger partial charge in [0.05, 0.1) is 17.0 Å². The molecule has 0 radical (unpaired) electrons. The van der Waals surface area contributed by atoms with Gasteiger partial charge in [-0.25, -0.2) is 4.98 Å². The number of nitrogens with zero attached hydrogens (tertiary/aromatic N) is 2. The highest BCUT2D eigenvalue weighted by molar-refractivity contribution is 6.23. The minimum atomic E-state index is -4.54. The lowest BCUT2D eigenvalue weighted by Gasteiger charge is -2.13. The zero-order chi connectivity index (χ0) is 16.8. The Morgan fingerprint density at radius 2 is 1.78 bits per heavy atom. The highest BCUT2D eigenvalue weighted by Crippen LogP contribution is 2.29. The number of halogens is 3. The van der Waals surface area contributed by atoms with Gasteiger partial charge in [-0.15, -0.1) is 0 Å². The van der Waals surface area contributed by atoms with Gasteiger partial charge in [0.2, 0.25) is 5.78 Å². The third kappa shape index (κ3) is 2.59. The molecule has 23 heavy (non-hydrogen) atoms. The van der Waals surface area contributed by atoms with Crippen molar-refractivity contribution in [2.45, 2.75) is 6.18 Å². The van der Waals surface area contributed by atoms with E-state index in [0.717, 1.165) is 18.3 Å². The Morgan fingerprint density at radius 3 is 2.39 bits per heavy atom. The number of rotatable bonds is 1. The predicted molar refractivity (Wildman–Crippen MR) is 73.4 cm³/mol. The summed E-state index contributed by atoms with van der Waals surface area (Å²) in [4.78, 5) is 31.1. The van der Waals surface area contributed by atoms with Gasteiger partial charge in [0, 0.05) is 17.8 Å². The van der Waals surface area contributed by atoms with Crippen LogP contribution in [0.15, 0.2) is 42.2 Å². The SMILES string of the molecule is NC1=CC(=O)c2ccc(-c3ccc(C(F)(F)F)nc3)nc2C1=O. The second-order valence-corrected chi connectivity index (χ2v) is 4.82. The van der Waals surface area contributed by atoms with E-state index in [2.05, 4.69) is 9.97 Å². The van der Waals surface area contributed by atoms with Crippen molar-refractivity contribution < 1.29 is 22.8 Å². The van der Waals surface area contributed by atoms with Crippen LogP contribution in [0.2, 0.25) is 0 Å². The number of aromatic nitrogens is 2. The fourth-order valence-corrected chi connectivity index (χ4v) is 2.13. The summed E-state index contributed by atoms with van der Waals surface area (Å²) in [5, 5.41) is 0. The Hall–Kier alpha value is -3.03. The maximum atomic E-state index is 12.5. The number of pyridine rings is 2. The van der Waals surface area contributed by atoms with Crippen LogP contribution >= 0.6 is 0 Å². The molecule has 2 heterocycles. The quantitative estimate of drug-likeness (QED) is 0.872. The second kappa shape index (κ2) is 5.01. The molecule has 2 aromatic heterocycles. The van der Waals surface area contributed by atoms with Crippen LogP contribution < -0.4 is 5.73 Å². The van der Waals surface area contributed by atoms with E-state index in [1.807, 2.05) is 0 Å². The standard InChI is InChI=1S/C15H8F3N3O2/c16-15(17,18)12-4-1-7(6-20-12)10-3-2-8-11(22)5-9(19)14(23)13(8)21-10/h1-6H,19H2. The molecule has 0 atom stereocenters. The molecule has 0 amide bonds. The van der Waals surface area contributed by atoms with Gasteiger partial charge >= 0.3 is 6.18 Å². The molecule has 1 aliphatic carbocycles. The minimum Gasteiger partial charge on any atom is -0.395 e. The first-order valence-electron chi connectivity index (χ1n) is 6.38. The normalized spacial score (nSPS) is 14.5. The summed E-state index contributed by atoms with van der Waals surface area (Å²) >= 11 is 0. The van der Waals surface area contributed by atoms with E-state index in [0.29, 0.717) is 0 Å². The van der Waals surface area contributed by atoms with Crippen LogP contribution in [0.25, 0.3) is 11.3 Å². The third-order valence-corrected chi connectivity index (χ3v) is 3.27. The van der Waals surface area contributed by atoms with Crippen molar-refractivity contribution in [3.63, 3.8) is 0 Å². The zero-order valence-corrected chi connectivity index (χ0v) is 11.4. The van der Waals surface area contributed by atoms with Crippen molar-refractivity contribution in [1.82, 2.24) is 9.97 Å². The Morgan fingerprint density at radius 1 is 1.04 bits per heavy atom. The Balaban J connectivity index is 2.04. The molecule has 5 nitrogen and oxygen atoms in total. The van der Waals surface area contributed by atoms with Crippen molar-refractivity contribution in [2.75, 3.05) is 0 Å². The Kier molecular flexibility index (Phi) is 3.24. The lowest BCUT2D eigenvalue weighted by molar-refractivity contribution is -0.141. The van der Waals surface area contributed by atoms with E-state index in [4.69, 9.17) is 5.73 Å². The molecule has 0 unspecified atom stereocenters. The number of carbonyl (C=O) groups is 2. The van der Waals surface area contributed by atoms with Gasteiger partial charge in [0.1, 0.15) is 11.4 Å². The first-order chi connectivity index (χ1) is 10.8. The van der Waals surface area contributed by atoms with Crippen LogP contribution in [0, 0.1) is 0 Å². The largest absolute Gasteiger partial charge is 0.433 e. The number of carbonyl (C=O) groups excluding carboxylic acids is 2. The predicted octanol–water partition coefficient (Wildman–Crippen LogP) is 2.38. The smallest absolute Gasteiger partial charge is 0.395 e. The van der Waals surface area contributed by atoms with Gasteiger partial charge in [0.25, 0.3) is 0 Å². The van der Waals surface area contributed by atoms with Crippen LogP contribution in [0.5, 0.6) is 0 Å². The van der Waals surface area contributed by atoms with E-state index in [9.17, 15) is 22.8 Å². The molecule has 0 saturated carbocycles. The summed E-state index contributed by atoms with van der Waals surface area (Å²) in [6, 6.07) is 4.83. The van der Waals surface area contributed by atoms with Crippen molar-refractivity contribution in [3.8, 4) is 11.3 Å². The van der Waals surface area contributed by atoms with Crippen molar-refractivity contribution in [1.29, 1.82) is 0 Å². The highest BCUT2D eigenvalue weighted by atomic mass is 19.4. The minimum absolute atomic E-state index is 0.104. The number of Topliss-reactive ketones (excluding diaryl/α,β-unsaturated/α-hetero) is 1. The fourth-order valence-electron chi connectivity index (χ4n) is 2.13. The van der Waals surface area contributed by atoms with Crippen LogP contribution in [-0.2, 0) is 6.18 Å². The monoisotopic (exact) mass is 319 g/mol. The third-order valence-electron chi connectivity index (χ3n) is 3.27. The van der Waals surface area contributed by atoms with Crippen molar-refractivity contribution in [2.24, 2.45) is 5.73 Å². The molecule has 116 valence electrons. The van der Waals surface area contributed by atoms with Crippen LogP contribution in [0.4, 0.5) is 13.2 Å². The maximum absolute atomic E-state index is 12.5. The topological polar surface area (TPSA) is 85.9 Å². The second-order valence-electron chi connectivity index (χ2n) is 4.82. The Labute approximate surface area is 127 Å². The number of alkyl halides is 3. The molecule has 8 heteroatoms. The number of nitrogens with two attached hydrogens (primary N) is 1. The van der Waals surface area contributed by atoms with Gasteiger partial charge in [-0.3, -0.25) is 14.6 Å². The molecular weight excluding hydrogens is 311 g/mol. The van der Waals surface area contributed by atoms with Crippen LogP contribution in [0.1, 0.15) is 26.5 Å². The molecule has 0 fully saturated rings. The van der Waals surface area contributed by atoms with E-state index < -0.39 is 23.4 Å². The van der Waals surface area contributed by atoms with Crippen LogP contribution in [0.3, 0.4) is 0 Å². The first-order valence-corrected chi connectivity index (χ1v) is 6.38. The van der Waals surface area contributed by atoms with Crippen molar-refractivity contribution >= 4 is 11.6 Å². The van der Waals surface area contributed by atoms with Gasteiger partial charge in [-0.1, -0.05) is 0 Å². The average molecular weight is 319 g/mol. The molecule has 2 N–H and O–H groups in total. The zero-order valence-electron chi connectivity index (χ0n) is 11.4. The average Bonchev–Trinajstić information content (AvgIpc) is 2.51. The summed E-state index contributed by atoms with van der Waals surface area (Å²) in [6.07, 6.45) is -2.51. The molecule has 0 saturated heterocycles. The number of hydrogen-bond donors (Lipinski definition) is 1. The maximum Gasteiger partial charge on any atom is 0.433 e. The van der Waals surface area contributed by atoms with Gasteiger partial charge in [-0.05, 0) is 24.3 Å². The van der Waals surface area contributed by atoms with Crippen molar-refractivity contribution in [3.05, 3.63) is 59.2 Å². The lowest BCUT2D eigenvalue weighted by atomic mass is 9.96. The molecule has 0 bridgehead atoms. The van der Waals surface area contributed by atoms with Gasteiger partial charge < -0.3 is 5.73 Å². The number of allylic oxidation sites excluding steroid dienone is 2. The highest BCUT2D eigenvalue weighted by Gasteiger charge is 2.32. The first kappa shape index (κ1) is 14.9. The molecule has 0 spiro atoms. The number of hydrogen-bond acceptors (Lipinski definition) is 5. The van der Waals surface area contributed by atoms with E-state index >= 15 is 0 Å². The summed E-state index contributed by atoms with van der Waals surface area (Å²) in [7, 11) is 0. The number of fused-ring (bicyclic) bond motifs is 1. The molecule has 2 aromatic rings. The van der Waals surface area contributed by atoms with Gasteiger partial charge in [0.15, 0.2) is 5.78 Å². The summed E-state index contributed by atoms with van der Waals surface area (Å²) in [5.74, 6) is -1.04. The van der Waals surface area contributed by atoms with E-state index in [-0.39, 0.29) is 28.2 Å². The fraction of sp³-hybridized carbons (Fsp3) is 0.0667. The van der Waals surface area contributed by atoms with Gasteiger partial charge in [-0.2, -0.15) is 13.2 Å². The molecule has 0 aromatic carbocycles. The molecule has 1 aliphatic rings. The van der Waals surface area contributed by atoms with E-state index in [1.54, 1.807) is 0 Å².